The fraction of sp³-hybridized carbons (Fsp3) is 0.394. The first-order chi connectivity index (χ1) is 19.2. The molecule has 0 amide bonds. The van der Waals surface area contributed by atoms with Crippen LogP contribution in [0.25, 0.3) is 0 Å². The Balaban J connectivity index is 1.79. The van der Waals surface area contributed by atoms with Gasteiger partial charge < -0.3 is 14.5 Å². The molecule has 4 rings (SSSR count). The molecule has 0 radical (unpaired) electrons. The average Bonchev–Trinajstić information content (AvgIpc) is 2.95. The number of ether oxygens (including phenoxy) is 1. The Labute approximate surface area is 245 Å². The number of carbonyl (C=O) groups is 2. The molecule has 5 nitrogen and oxygen atoms in total. The lowest BCUT2D eigenvalue weighted by molar-refractivity contribution is 0.0567. The summed E-state index contributed by atoms with van der Waals surface area (Å²) in [5, 5.41) is 0. The van der Waals surface area contributed by atoms with Gasteiger partial charge in [0.1, 0.15) is 11.6 Å². The molecule has 0 bridgehead atoms. The Morgan fingerprint density at radius 2 is 1.57 bits per heavy atom. The van der Waals surface area contributed by atoms with Gasteiger partial charge in [-0.2, -0.15) is 0 Å². The molecular weight excluding hydrogens is 571 g/mol. The van der Waals surface area contributed by atoms with Crippen molar-refractivity contribution < 1.29 is 18.7 Å². The van der Waals surface area contributed by atoms with E-state index in [1.54, 1.807) is 38.3 Å². The fourth-order valence-electron chi connectivity index (χ4n) is 5.84. The molecule has 0 aromatic heterocycles. The molecule has 212 valence electrons. The number of hydrogen-bond donors (Lipinski definition) is 0. The second-order valence-electron chi connectivity index (χ2n) is 10.9. The van der Waals surface area contributed by atoms with Crippen LogP contribution >= 0.6 is 15.9 Å². The summed E-state index contributed by atoms with van der Waals surface area (Å²) in [5.74, 6) is -1.34. The zero-order chi connectivity index (χ0) is 28.8. The van der Waals surface area contributed by atoms with Crippen LogP contribution < -0.4 is 4.74 Å². The maximum absolute atomic E-state index is 14.9. The van der Waals surface area contributed by atoms with Crippen molar-refractivity contribution in [2.75, 3.05) is 47.4 Å². The Hall–Kier alpha value is -2.87. The molecule has 0 N–H and O–H groups in total. The van der Waals surface area contributed by atoms with E-state index in [1.807, 2.05) is 36.4 Å². The van der Waals surface area contributed by atoms with Crippen LogP contribution in [0.4, 0.5) is 4.39 Å². The van der Waals surface area contributed by atoms with Gasteiger partial charge in [-0.3, -0.25) is 9.59 Å². The fourth-order valence-corrected chi connectivity index (χ4v) is 6.24. The summed E-state index contributed by atoms with van der Waals surface area (Å²) >= 11 is 3.50. The van der Waals surface area contributed by atoms with Gasteiger partial charge >= 0.3 is 0 Å². The zero-order valence-electron chi connectivity index (χ0n) is 23.7. The lowest BCUT2D eigenvalue weighted by atomic mass is 9.67. The van der Waals surface area contributed by atoms with Gasteiger partial charge in [0, 0.05) is 46.4 Å². The molecule has 3 aromatic rings. The first-order valence-electron chi connectivity index (χ1n) is 13.8. The maximum Gasteiger partial charge on any atom is 0.167 e. The van der Waals surface area contributed by atoms with Crippen LogP contribution in [0.15, 0.2) is 71.2 Å². The third kappa shape index (κ3) is 7.06. The van der Waals surface area contributed by atoms with Crippen molar-refractivity contribution in [1.29, 1.82) is 0 Å². The first-order valence-corrected chi connectivity index (χ1v) is 14.6. The summed E-state index contributed by atoms with van der Waals surface area (Å²) in [6.07, 6.45) is 1.98. The van der Waals surface area contributed by atoms with E-state index in [0.29, 0.717) is 35.5 Å². The lowest BCUT2D eigenvalue weighted by Crippen LogP contribution is -2.50. The highest BCUT2D eigenvalue weighted by molar-refractivity contribution is 9.10. The summed E-state index contributed by atoms with van der Waals surface area (Å²) in [6.45, 7) is 4.51. The van der Waals surface area contributed by atoms with Crippen LogP contribution in [0.2, 0.25) is 0 Å². The van der Waals surface area contributed by atoms with E-state index in [4.69, 9.17) is 4.74 Å². The molecule has 0 spiro atoms. The van der Waals surface area contributed by atoms with E-state index in [1.165, 1.54) is 6.07 Å². The number of ketones is 2. The standard InChI is InChI=1S/C33H38BrFN2O3/c1-22-27(14-9-15-30(22)35)31-28(32(38)23-10-7-12-25(34)18-23)20-37(17-6-5-16-36(2)3)21-29(31)33(39)24-11-8-13-26(19-24)40-4/h7-15,18-19,28-29,31H,5-6,16-17,20-21H2,1-4H3/t28-,29+,31+/m1/s1. The van der Waals surface area contributed by atoms with E-state index in [-0.39, 0.29) is 17.4 Å². The third-order valence-electron chi connectivity index (χ3n) is 7.91. The van der Waals surface area contributed by atoms with Crippen LogP contribution in [0.1, 0.15) is 50.6 Å². The normalized spacial score (nSPS) is 19.5. The first kappa shape index (κ1) is 30.1. The monoisotopic (exact) mass is 608 g/mol. The smallest absolute Gasteiger partial charge is 0.167 e. The van der Waals surface area contributed by atoms with Crippen molar-refractivity contribution in [2.24, 2.45) is 11.8 Å². The van der Waals surface area contributed by atoms with E-state index >= 15 is 0 Å². The number of nitrogens with zero attached hydrogens (tertiary/aromatic N) is 2. The minimum Gasteiger partial charge on any atom is -0.497 e. The van der Waals surface area contributed by atoms with Gasteiger partial charge in [-0.1, -0.05) is 52.3 Å². The Morgan fingerprint density at radius 3 is 2.20 bits per heavy atom. The molecule has 1 aliphatic rings. The molecular formula is C33H38BrFN2O3. The molecule has 1 heterocycles. The molecule has 1 saturated heterocycles. The van der Waals surface area contributed by atoms with Crippen molar-refractivity contribution in [2.45, 2.75) is 25.7 Å². The van der Waals surface area contributed by atoms with Gasteiger partial charge in [0.2, 0.25) is 0 Å². The predicted molar refractivity (Wildman–Crippen MR) is 161 cm³/mol. The van der Waals surface area contributed by atoms with E-state index in [0.717, 1.165) is 36.0 Å². The van der Waals surface area contributed by atoms with Crippen LogP contribution in [-0.2, 0) is 0 Å². The number of carbonyl (C=O) groups excluding carboxylic acids is 2. The molecule has 0 saturated carbocycles. The minimum atomic E-state index is -0.531. The van der Waals surface area contributed by atoms with Gasteiger partial charge in [-0.05, 0) is 88.4 Å². The Kier molecular flexibility index (Phi) is 10.3. The number of halogens is 2. The molecule has 3 atom stereocenters. The van der Waals surface area contributed by atoms with Gasteiger partial charge in [0.05, 0.1) is 7.11 Å². The number of rotatable bonds is 11. The van der Waals surface area contributed by atoms with Gasteiger partial charge in [0.15, 0.2) is 11.6 Å². The molecule has 0 aliphatic carbocycles. The Morgan fingerprint density at radius 1 is 0.950 bits per heavy atom. The van der Waals surface area contributed by atoms with Crippen LogP contribution in [0, 0.1) is 24.6 Å². The number of piperidine rings is 1. The second kappa shape index (κ2) is 13.7. The molecule has 1 aliphatic heterocycles. The maximum atomic E-state index is 14.9. The van der Waals surface area contributed by atoms with E-state index < -0.39 is 17.8 Å². The summed E-state index contributed by atoms with van der Waals surface area (Å²) in [5.41, 5.74) is 2.33. The highest BCUT2D eigenvalue weighted by atomic mass is 79.9. The second-order valence-corrected chi connectivity index (χ2v) is 11.8. The number of unbranched alkanes of at least 4 members (excludes halogenated alkanes) is 1. The zero-order valence-corrected chi connectivity index (χ0v) is 25.3. The molecule has 7 heteroatoms. The number of Topliss-reactive ketones (excluding diaryl/α,β-unsaturated/α-hetero) is 2. The van der Waals surface area contributed by atoms with Gasteiger partial charge in [0.25, 0.3) is 0 Å². The highest BCUT2D eigenvalue weighted by Crippen LogP contribution is 2.42. The van der Waals surface area contributed by atoms with Crippen molar-refractivity contribution in [3.8, 4) is 5.75 Å². The van der Waals surface area contributed by atoms with Crippen molar-refractivity contribution >= 4 is 27.5 Å². The van der Waals surface area contributed by atoms with Crippen LogP contribution in [-0.4, -0.2) is 68.8 Å². The van der Waals surface area contributed by atoms with E-state index in [2.05, 4.69) is 39.8 Å². The van der Waals surface area contributed by atoms with Crippen molar-refractivity contribution in [1.82, 2.24) is 9.80 Å². The topological polar surface area (TPSA) is 49.9 Å². The number of benzene rings is 3. The Bertz CT molecular complexity index is 1340. The number of methoxy groups -OCH3 is 1. The minimum absolute atomic E-state index is 0.0311. The average molecular weight is 610 g/mol. The number of hydrogen-bond acceptors (Lipinski definition) is 5. The van der Waals surface area contributed by atoms with Gasteiger partial charge in [-0.25, -0.2) is 4.39 Å². The van der Waals surface area contributed by atoms with E-state index in [9.17, 15) is 14.0 Å². The van der Waals surface area contributed by atoms with Crippen molar-refractivity contribution in [3.63, 3.8) is 0 Å². The summed E-state index contributed by atoms with van der Waals surface area (Å²) in [6, 6.07) is 19.5. The molecule has 0 unspecified atom stereocenters. The summed E-state index contributed by atoms with van der Waals surface area (Å²) in [7, 11) is 5.69. The SMILES string of the molecule is COc1cccc(C(=O)[C@H]2CN(CCCCN(C)C)C[C@@H](C(=O)c3cccc(Br)c3)[C@@H]2c2cccc(F)c2C)c1. The number of likely N-dealkylation sites (tertiary alicyclic amines) is 1. The summed E-state index contributed by atoms with van der Waals surface area (Å²) in [4.78, 5) is 32.9. The predicted octanol–water partition coefficient (Wildman–Crippen LogP) is 6.64. The third-order valence-corrected chi connectivity index (χ3v) is 8.41. The van der Waals surface area contributed by atoms with Crippen molar-refractivity contribution in [3.05, 3.63) is 99.3 Å². The largest absolute Gasteiger partial charge is 0.497 e. The molecule has 1 fully saturated rings. The summed E-state index contributed by atoms with van der Waals surface area (Å²) < 4.78 is 21.1. The van der Waals surface area contributed by atoms with Crippen LogP contribution in [0.3, 0.4) is 0 Å². The highest BCUT2D eigenvalue weighted by Gasteiger charge is 2.45. The van der Waals surface area contributed by atoms with Gasteiger partial charge in [-0.15, -0.1) is 0 Å². The van der Waals surface area contributed by atoms with Crippen LogP contribution in [0.5, 0.6) is 5.75 Å². The quantitative estimate of drug-likeness (QED) is 0.180. The lowest BCUT2D eigenvalue weighted by Gasteiger charge is -2.43. The molecule has 3 aromatic carbocycles. The molecule has 40 heavy (non-hydrogen) atoms.